The van der Waals surface area contributed by atoms with Crippen LogP contribution in [0.3, 0.4) is 0 Å². The minimum absolute atomic E-state index is 0.0651. The Bertz CT molecular complexity index is 263. The molecule has 1 heterocycles. The van der Waals surface area contributed by atoms with Gasteiger partial charge in [-0.15, -0.1) is 11.6 Å². The summed E-state index contributed by atoms with van der Waals surface area (Å²) in [5.74, 6) is 0.400. The maximum atomic E-state index is 9.00. The van der Waals surface area contributed by atoms with Gasteiger partial charge >= 0.3 is 0 Å². The van der Waals surface area contributed by atoms with E-state index < -0.39 is 0 Å². The lowest BCUT2D eigenvalue weighted by Crippen LogP contribution is -1.96. The average Bonchev–Trinajstić information content (AvgIpc) is 2.16. The number of hydrogen-bond donors (Lipinski definition) is 1. The fraction of sp³-hybridized carbons (Fsp3) is 0.444. The molecule has 1 N–H and O–H groups in total. The van der Waals surface area contributed by atoms with E-state index in [1.165, 1.54) is 0 Å². The minimum atomic E-state index is 0.0651. The first kappa shape index (κ1) is 9.49. The van der Waals surface area contributed by atoms with Crippen molar-refractivity contribution in [3.63, 3.8) is 0 Å². The lowest BCUT2D eigenvalue weighted by Gasteiger charge is -2.05. The van der Waals surface area contributed by atoms with Gasteiger partial charge in [0.2, 0.25) is 0 Å². The number of aliphatic hydroxyl groups is 1. The molecule has 0 spiro atoms. The third-order valence-electron chi connectivity index (χ3n) is 1.83. The Morgan fingerprint density at radius 2 is 2.25 bits per heavy atom. The summed E-state index contributed by atoms with van der Waals surface area (Å²) >= 11 is 5.61. The lowest BCUT2D eigenvalue weighted by molar-refractivity contribution is 0.280. The first-order valence-corrected chi connectivity index (χ1v) is 4.48. The fourth-order valence-corrected chi connectivity index (χ4v) is 1.26. The molecule has 0 aromatic carbocycles. The molecular formula is C9H12ClNO. The van der Waals surface area contributed by atoms with Crippen molar-refractivity contribution in [3.05, 3.63) is 29.1 Å². The van der Waals surface area contributed by atoms with E-state index in [1.807, 2.05) is 13.0 Å². The summed E-state index contributed by atoms with van der Waals surface area (Å²) in [4.78, 5) is 4.13. The molecule has 0 radical (unpaired) electrons. The van der Waals surface area contributed by atoms with E-state index in [4.69, 9.17) is 16.7 Å². The number of hydrogen-bond acceptors (Lipinski definition) is 2. The van der Waals surface area contributed by atoms with Crippen LogP contribution in [-0.2, 0) is 18.9 Å². The molecule has 0 unspecified atom stereocenters. The predicted molar refractivity (Wildman–Crippen MR) is 49.1 cm³/mol. The van der Waals surface area contributed by atoms with Crippen LogP contribution >= 0.6 is 11.6 Å². The van der Waals surface area contributed by atoms with Crippen molar-refractivity contribution in [2.24, 2.45) is 0 Å². The van der Waals surface area contributed by atoms with Crippen LogP contribution in [0.2, 0.25) is 0 Å². The molecule has 0 amide bonds. The molecule has 1 rings (SSSR count). The van der Waals surface area contributed by atoms with Gasteiger partial charge in [-0.2, -0.15) is 0 Å². The molecular weight excluding hydrogens is 174 g/mol. The van der Waals surface area contributed by atoms with Gasteiger partial charge < -0.3 is 5.11 Å². The molecule has 1 aromatic heterocycles. The normalized spacial score (nSPS) is 10.2. The molecule has 12 heavy (non-hydrogen) atoms. The second kappa shape index (κ2) is 4.43. The van der Waals surface area contributed by atoms with E-state index in [0.717, 1.165) is 23.2 Å². The average molecular weight is 186 g/mol. The van der Waals surface area contributed by atoms with Crippen molar-refractivity contribution >= 4 is 11.6 Å². The highest BCUT2D eigenvalue weighted by atomic mass is 35.5. The Hall–Kier alpha value is -0.600. The highest BCUT2D eigenvalue weighted by molar-refractivity contribution is 6.16. The van der Waals surface area contributed by atoms with Crippen LogP contribution in [-0.4, -0.2) is 10.1 Å². The van der Waals surface area contributed by atoms with Crippen molar-refractivity contribution in [1.29, 1.82) is 0 Å². The summed E-state index contributed by atoms with van der Waals surface area (Å²) in [7, 11) is 0. The number of aryl methyl sites for hydroxylation is 1. The molecule has 0 aliphatic rings. The van der Waals surface area contributed by atoms with Gasteiger partial charge in [-0.05, 0) is 23.6 Å². The Labute approximate surface area is 77.2 Å². The predicted octanol–water partition coefficient (Wildman–Crippen LogP) is 1.88. The molecule has 66 valence electrons. The van der Waals surface area contributed by atoms with Crippen molar-refractivity contribution in [3.8, 4) is 0 Å². The van der Waals surface area contributed by atoms with Gasteiger partial charge in [0.25, 0.3) is 0 Å². The van der Waals surface area contributed by atoms with Crippen LogP contribution in [0.15, 0.2) is 12.3 Å². The van der Waals surface area contributed by atoms with Crippen LogP contribution in [0, 0.1) is 0 Å². The molecule has 1 aromatic rings. The molecule has 0 saturated heterocycles. The number of halogens is 1. The maximum absolute atomic E-state index is 9.00. The van der Waals surface area contributed by atoms with Crippen molar-refractivity contribution in [1.82, 2.24) is 4.98 Å². The number of pyridine rings is 1. The Morgan fingerprint density at radius 3 is 2.75 bits per heavy atom. The molecule has 0 saturated carbocycles. The van der Waals surface area contributed by atoms with Gasteiger partial charge in [0, 0.05) is 6.20 Å². The molecule has 0 aliphatic heterocycles. The van der Waals surface area contributed by atoms with Crippen molar-refractivity contribution < 1.29 is 5.11 Å². The van der Waals surface area contributed by atoms with E-state index >= 15 is 0 Å². The highest BCUT2D eigenvalue weighted by Crippen LogP contribution is 2.11. The van der Waals surface area contributed by atoms with Crippen LogP contribution in [0.5, 0.6) is 0 Å². The van der Waals surface area contributed by atoms with Gasteiger partial charge in [-0.3, -0.25) is 4.98 Å². The largest absolute Gasteiger partial charge is 0.392 e. The first-order chi connectivity index (χ1) is 5.81. The highest BCUT2D eigenvalue weighted by Gasteiger charge is 2.01. The number of rotatable bonds is 3. The Kier molecular flexibility index (Phi) is 3.50. The summed E-state index contributed by atoms with van der Waals surface area (Å²) in [5.41, 5.74) is 2.84. The zero-order valence-corrected chi connectivity index (χ0v) is 7.80. The van der Waals surface area contributed by atoms with E-state index in [-0.39, 0.29) is 6.61 Å². The second-order valence-corrected chi connectivity index (χ2v) is 2.86. The lowest BCUT2D eigenvalue weighted by atomic mass is 10.1. The Morgan fingerprint density at radius 1 is 1.50 bits per heavy atom. The third-order valence-corrected chi connectivity index (χ3v) is 2.10. The summed E-state index contributed by atoms with van der Waals surface area (Å²) in [5, 5.41) is 9.00. The number of alkyl halides is 1. The van der Waals surface area contributed by atoms with E-state index in [0.29, 0.717) is 5.88 Å². The summed E-state index contributed by atoms with van der Waals surface area (Å²) < 4.78 is 0. The molecule has 0 fully saturated rings. The monoisotopic (exact) mass is 185 g/mol. The van der Waals surface area contributed by atoms with Gasteiger partial charge in [0.15, 0.2) is 0 Å². The maximum Gasteiger partial charge on any atom is 0.0685 e. The van der Waals surface area contributed by atoms with E-state index in [1.54, 1.807) is 6.20 Å². The van der Waals surface area contributed by atoms with E-state index in [2.05, 4.69) is 4.98 Å². The number of nitrogens with zero attached hydrogens (tertiary/aromatic N) is 1. The topological polar surface area (TPSA) is 33.1 Å². The molecule has 2 nitrogen and oxygen atoms in total. The molecule has 0 bridgehead atoms. The summed E-state index contributed by atoms with van der Waals surface area (Å²) in [6.07, 6.45) is 2.68. The summed E-state index contributed by atoms with van der Waals surface area (Å²) in [6.45, 7) is 2.10. The van der Waals surface area contributed by atoms with Gasteiger partial charge in [0.05, 0.1) is 18.2 Å². The van der Waals surface area contributed by atoms with E-state index in [9.17, 15) is 0 Å². The quantitative estimate of drug-likeness (QED) is 0.730. The van der Waals surface area contributed by atoms with Crippen LogP contribution in [0.1, 0.15) is 23.7 Å². The zero-order chi connectivity index (χ0) is 8.97. The standard InChI is InChI=1S/C9H12ClNO/c1-2-7-5-11-9(4-10)3-8(7)6-12/h3,5,12H,2,4,6H2,1H3. The first-order valence-electron chi connectivity index (χ1n) is 3.95. The van der Waals surface area contributed by atoms with Crippen LogP contribution in [0.4, 0.5) is 0 Å². The van der Waals surface area contributed by atoms with Crippen LogP contribution in [0.25, 0.3) is 0 Å². The molecule has 3 heteroatoms. The van der Waals surface area contributed by atoms with Gasteiger partial charge in [0.1, 0.15) is 0 Å². The van der Waals surface area contributed by atoms with Gasteiger partial charge in [-0.25, -0.2) is 0 Å². The smallest absolute Gasteiger partial charge is 0.0685 e. The molecule has 0 atom stereocenters. The van der Waals surface area contributed by atoms with Crippen molar-refractivity contribution in [2.45, 2.75) is 25.8 Å². The van der Waals surface area contributed by atoms with Gasteiger partial charge in [-0.1, -0.05) is 6.92 Å². The summed E-state index contributed by atoms with van der Waals surface area (Å²) in [6, 6.07) is 1.85. The number of aromatic nitrogens is 1. The Balaban J connectivity index is 3.02. The SMILES string of the molecule is CCc1cnc(CCl)cc1CO. The van der Waals surface area contributed by atoms with Crippen LogP contribution < -0.4 is 0 Å². The molecule has 0 aliphatic carbocycles. The minimum Gasteiger partial charge on any atom is -0.392 e. The second-order valence-electron chi connectivity index (χ2n) is 2.59. The van der Waals surface area contributed by atoms with Crippen molar-refractivity contribution in [2.75, 3.05) is 0 Å². The third kappa shape index (κ3) is 1.96. The fourth-order valence-electron chi connectivity index (χ4n) is 1.11. The number of aliphatic hydroxyl groups excluding tert-OH is 1. The zero-order valence-electron chi connectivity index (χ0n) is 7.05.